The average molecular weight is 258 g/mol. The third-order valence-electron chi connectivity index (χ3n) is 1.83. The smallest absolute Gasteiger partial charge is 0.322 e. The van der Waals surface area contributed by atoms with Crippen molar-refractivity contribution in [2.45, 2.75) is 6.18 Å². The van der Waals surface area contributed by atoms with Crippen molar-refractivity contribution in [2.75, 3.05) is 10.6 Å². The molecule has 2 N–H and O–H groups in total. The molecule has 0 aromatic heterocycles. The van der Waals surface area contributed by atoms with Crippen molar-refractivity contribution in [3.63, 3.8) is 0 Å². The third-order valence-corrected chi connectivity index (χ3v) is 1.83. The average Bonchev–Trinajstić information content (AvgIpc) is 2.28. The van der Waals surface area contributed by atoms with E-state index in [0.29, 0.717) is 0 Å². The zero-order valence-electron chi connectivity index (χ0n) is 9.04. The van der Waals surface area contributed by atoms with Crippen LogP contribution in [0.3, 0.4) is 0 Å². The zero-order chi connectivity index (χ0) is 13.8. The minimum atomic E-state index is -4.96. The number of nitrogens with one attached hydrogen (secondary N) is 2. The van der Waals surface area contributed by atoms with Crippen LogP contribution in [0.4, 0.5) is 24.5 Å². The highest BCUT2D eigenvalue weighted by Crippen LogP contribution is 2.20. The van der Waals surface area contributed by atoms with E-state index in [0.717, 1.165) is 6.08 Å². The van der Waals surface area contributed by atoms with Gasteiger partial charge in [-0.05, 0) is 24.3 Å². The molecule has 0 atom stereocenters. The number of halogens is 3. The van der Waals surface area contributed by atoms with Gasteiger partial charge in [-0.25, -0.2) is 0 Å². The van der Waals surface area contributed by atoms with Crippen LogP contribution in [0.2, 0.25) is 0 Å². The van der Waals surface area contributed by atoms with E-state index in [1.807, 2.05) is 0 Å². The fourth-order valence-corrected chi connectivity index (χ4v) is 1.07. The Morgan fingerprint density at radius 2 is 1.72 bits per heavy atom. The van der Waals surface area contributed by atoms with Gasteiger partial charge in [0.1, 0.15) is 0 Å². The van der Waals surface area contributed by atoms with Crippen molar-refractivity contribution in [1.29, 1.82) is 0 Å². The molecule has 1 rings (SSSR count). The van der Waals surface area contributed by atoms with Gasteiger partial charge in [-0.3, -0.25) is 9.59 Å². The number of benzene rings is 1. The van der Waals surface area contributed by atoms with E-state index in [1.165, 1.54) is 24.3 Å². The summed E-state index contributed by atoms with van der Waals surface area (Å²) in [6.07, 6.45) is -3.94. The molecule has 18 heavy (non-hydrogen) atoms. The lowest BCUT2D eigenvalue weighted by Crippen LogP contribution is -2.29. The molecule has 1 aromatic rings. The van der Waals surface area contributed by atoms with Gasteiger partial charge >= 0.3 is 12.1 Å². The fraction of sp³-hybridized carbons (Fsp3) is 0.0909. The van der Waals surface area contributed by atoms with Gasteiger partial charge in [0, 0.05) is 11.4 Å². The third kappa shape index (κ3) is 3.93. The van der Waals surface area contributed by atoms with Crippen molar-refractivity contribution in [3.05, 3.63) is 36.9 Å². The van der Waals surface area contributed by atoms with Crippen LogP contribution in [0.1, 0.15) is 0 Å². The fourth-order valence-electron chi connectivity index (χ4n) is 1.07. The minimum absolute atomic E-state index is 0.0702. The molecule has 0 spiro atoms. The molecular formula is C11H9F3N2O2. The first-order valence-corrected chi connectivity index (χ1v) is 4.74. The number of alkyl halides is 3. The number of hydrogen-bond acceptors (Lipinski definition) is 2. The number of carbonyl (C=O) groups is 2. The van der Waals surface area contributed by atoms with Crippen LogP contribution in [0.25, 0.3) is 0 Å². The maximum absolute atomic E-state index is 12.0. The molecule has 1 aromatic carbocycles. The van der Waals surface area contributed by atoms with Gasteiger partial charge in [0.15, 0.2) is 0 Å². The highest BCUT2D eigenvalue weighted by atomic mass is 19.4. The maximum Gasteiger partial charge on any atom is 0.471 e. The summed E-state index contributed by atoms with van der Waals surface area (Å²) >= 11 is 0. The lowest BCUT2D eigenvalue weighted by atomic mass is 10.2. The van der Waals surface area contributed by atoms with Crippen LogP contribution in [-0.2, 0) is 9.59 Å². The largest absolute Gasteiger partial charge is 0.471 e. The van der Waals surface area contributed by atoms with Crippen LogP contribution in [0.15, 0.2) is 36.9 Å². The van der Waals surface area contributed by atoms with Crippen molar-refractivity contribution in [2.24, 2.45) is 0 Å². The maximum atomic E-state index is 12.0. The molecule has 0 aliphatic heterocycles. The van der Waals surface area contributed by atoms with Crippen molar-refractivity contribution >= 4 is 23.2 Å². The SMILES string of the molecule is C=CC(=O)Nc1cccc(NC(=O)C(F)(F)F)c1. The van der Waals surface area contributed by atoms with E-state index in [-0.39, 0.29) is 11.4 Å². The molecule has 4 nitrogen and oxygen atoms in total. The summed E-state index contributed by atoms with van der Waals surface area (Å²) in [6, 6.07) is 5.33. The van der Waals surface area contributed by atoms with Crippen molar-refractivity contribution in [1.82, 2.24) is 0 Å². The van der Waals surface area contributed by atoms with E-state index in [9.17, 15) is 22.8 Å². The lowest BCUT2D eigenvalue weighted by molar-refractivity contribution is -0.167. The predicted molar refractivity (Wildman–Crippen MR) is 60.0 cm³/mol. The van der Waals surface area contributed by atoms with Crippen LogP contribution in [0, 0.1) is 0 Å². The number of amides is 2. The summed E-state index contributed by atoms with van der Waals surface area (Å²) in [4.78, 5) is 21.7. The summed E-state index contributed by atoms with van der Waals surface area (Å²) in [5, 5.41) is 4.03. The molecule has 0 fully saturated rings. The Labute approximate surface area is 100 Å². The molecule has 0 radical (unpaired) electrons. The molecule has 96 valence electrons. The van der Waals surface area contributed by atoms with Crippen molar-refractivity contribution < 1.29 is 22.8 Å². The molecule has 0 saturated carbocycles. The second-order valence-corrected chi connectivity index (χ2v) is 3.23. The molecule has 0 bridgehead atoms. The number of rotatable bonds is 3. The monoisotopic (exact) mass is 258 g/mol. The van der Waals surface area contributed by atoms with Gasteiger partial charge in [0.25, 0.3) is 0 Å². The molecule has 0 heterocycles. The minimum Gasteiger partial charge on any atom is -0.322 e. The standard InChI is InChI=1S/C11H9F3N2O2/c1-2-9(17)15-7-4-3-5-8(6-7)16-10(18)11(12,13)14/h2-6H,1H2,(H,15,17)(H,16,18). The molecule has 0 aliphatic carbocycles. The van der Waals surface area contributed by atoms with E-state index >= 15 is 0 Å². The Bertz CT molecular complexity index is 483. The quantitative estimate of drug-likeness (QED) is 0.817. The van der Waals surface area contributed by atoms with Gasteiger partial charge in [-0.1, -0.05) is 12.6 Å². The van der Waals surface area contributed by atoms with Crippen LogP contribution in [-0.4, -0.2) is 18.0 Å². The predicted octanol–water partition coefficient (Wildman–Crippen LogP) is 2.31. The van der Waals surface area contributed by atoms with E-state index in [2.05, 4.69) is 11.9 Å². The van der Waals surface area contributed by atoms with Gasteiger partial charge in [-0.2, -0.15) is 13.2 Å². The van der Waals surface area contributed by atoms with E-state index in [4.69, 9.17) is 0 Å². The molecule has 2 amide bonds. The van der Waals surface area contributed by atoms with Crippen LogP contribution < -0.4 is 10.6 Å². The molecular weight excluding hydrogens is 249 g/mol. The molecule has 7 heteroatoms. The second-order valence-electron chi connectivity index (χ2n) is 3.23. The summed E-state index contributed by atoms with van der Waals surface area (Å²) < 4.78 is 36.0. The zero-order valence-corrected chi connectivity index (χ0v) is 9.04. The lowest BCUT2D eigenvalue weighted by Gasteiger charge is -2.09. The van der Waals surface area contributed by atoms with Gasteiger partial charge in [-0.15, -0.1) is 0 Å². The Balaban J connectivity index is 2.80. The molecule has 0 unspecified atom stereocenters. The van der Waals surface area contributed by atoms with Crippen LogP contribution >= 0.6 is 0 Å². The van der Waals surface area contributed by atoms with Gasteiger partial charge < -0.3 is 10.6 Å². The molecule has 0 aliphatic rings. The summed E-state index contributed by atoms with van der Waals surface area (Å²) in [5.41, 5.74) is 0.180. The number of anilines is 2. The van der Waals surface area contributed by atoms with E-state index in [1.54, 1.807) is 5.32 Å². The highest BCUT2D eigenvalue weighted by molar-refractivity contribution is 6.00. The Hall–Kier alpha value is -2.31. The molecule has 0 saturated heterocycles. The van der Waals surface area contributed by atoms with Gasteiger partial charge in [0.2, 0.25) is 5.91 Å². The number of carbonyl (C=O) groups excluding carboxylic acids is 2. The summed E-state index contributed by atoms with van der Waals surface area (Å²) in [7, 11) is 0. The van der Waals surface area contributed by atoms with Crippen molar-refractivity contribution in [3.8, 4) is 0 Å². The first-order chi connectivity index (χ1) is 8.32. The summed E-state index contributed by atoms with van der Waals surface area (Å²) in [6.45, 7) is 3.23. The Morgan fingerprint density at radius 1 is 1.17 bits per heavy atom. The second kappa shape index (κ2) is 5.35. The highest BCUT2D eigenvalue weighted by Gasteiger charge is 2.38. The number of hydrogen-bond donors (Lipinski definition) is 2. The summed E-state index contributed by atoms with van der Waals surface area (Å²) in [5.74, 6) is -2.58. The Kier molecular flexibility index (Phi) is 4.09. The van der Waals surface area contributed by atoms with E-state index < -0.39 is 18.0 Å². The Morgan fingerprint density at radius 3 is 2.22 bits per heavy atom. The normalized spacial score (nSPS) is 10.6. The van der Waals surface area contributed by atoms with Gasteiger partial charge in [0.05, 0.1) is 0 Å². The topological polar surface area (TPSA) is 58.2 Å². The van der Waals surface area contributed by atoms with Crippen LogP contribution in [0.5, 0.6) is 0 Å². The first kappa shape index (κ1) is 13.8. The first-order valence-electron chi connectivity index (χ1n) is 4.74.